The lowest BCUT2D eigenvalue weighted by Crippen LogP contribution is -2.19. The first-order valence-electron chi connectivity index (χ1n) is 9.42. The molecule has 22 heavy (non-hydrogen) atoms. The van der Waals surface area contributed by atoms with Gasteiger partial charge in [-0.2, -0.15) is 0 Å². The second kappa shape index (κ2) is 12.4. The molecule has 0 spiro atoms. The van der Waals surface area contributed by atoms with Gasteiger partial charge in [-0.25, -0.2) is 0 Å². The van der Waals surface area contributed by atoms with Crippen LogP contribution < -0.4 is 0 Å². The van der Waals surface area contributed by atoms with Crippen molar-refractivity contribution >= 4 is 0 Å². The van der Waals surface area contributed by atoms with E-state index < -0.39 is 0 Å². The standard InChI is InChI=1S/C20H42O2/c1-19(2,3)15-11-8-7-9-12-16-21-17-13-10-14-18-22-20(4,5)6/h7-18H2,1-6H3. The van der Waals surface area contributed by atoms with E-state index in [0.29, 0.717) is 5.41 Å². The Morgan fingerprint density at radius 1 is 0.545 bits per heavy atom. The highest BCUT2D eigenvalue weighted by molar-refractivity contribution is 4.61. The van der Waals surface area contributed by atoms with E-state index >= 15 is 0 Å². The van der Waals surface area contributed by atoms with Crippen molar-refractivity contribution in [1.82, 2.24) is 0 Å². The molecule has 0 aromatic carbocycles. The van der Waals surface area contributed by atoms with Gasteiger partial charge in [0.05, 0.1) is 5.60 Å². The summed E-state index contributed by atoms with van der Waals surface area (Å²) >= 11 is 0. The van der Waals surface area contributed by atoms with E-state index in [2.05, 4.69) is 41.5 Å². The van der Waals surface area contributed by atoms with Crippen molar-refractivity contribution in [2.75, 3.05) is 19.8 Å². The summed E-state index contributed by atoms with van der Waals surface area (Å²) in [6.45, 7) is 16.1. The van der Waals surface area contributed by atoms with Gasteiger partial charge in [0.15, 0.2) is 0 Å². The maximum Gasteiger partial charge on any atom is 0.0598 e. The molecule has 0 radical (unpaired) electrons. The fourth-order valence-corrected chi connectivity index (χ4v) is 2.35. The number of rotatable bonds is 13. The van der Waals surface area contributed by atoms with Crippen LogP contribution in [0.4, 0.5) is 0 Å². The lowest BCUT2D eigenvalue weighted by molar-refractivity contribution is -0.00536. The first-order chi connectivity index (χ1) is 10.2. The molecule has 2 heteroatoms. The van der Waals surface area contributed by atoms with Crippen molar-refractivity contribution < 1.29 is 9.47 Å². The molecule has 0 N–H and O–H groups in total. The predicted molar refractivity (Wildman–Crippen MR) is 97.5 cm³/mol. The molecule has 0 rings (SSSR count). The van der Waals surface area contributed by atoms with Gasteiger partial charge in [-0.15, -0.1) is 0 Å². The van der Waals surface area contributed by atoms with Gasteiger partial charge in [0.1, 0.15) is 0 Å². The SMILES string of the molecule is CC(C)(C)CCCCCCCOCCCCCOC(C)(C)C. The summed E-state index contributed by atoms with van der Waals surface area (Å²) in [5.74, 6) is 0. The van der Waals surface area contributed by atoms with Crippen LogP contribution in [-0.4, -0.2) is 25.4 Å². The summed E-state index contributed by atoms with van der Waals surface area (Å²) in [6, 6.07) is 0. The van der Waals surface area contributed by atoms with Gasteiger partial charge in [-0.1, -0.05) is 46.5 Å². The third-order valence-corrected chi connectivity index (χ3v) is 3.68. The lowest BCUT2D eigenvalue weighted by Gasteiger charge is -2.19. The van der Waals surface area contributed by atoms with Crippen LogP contribution in [0.2, 0.25) is 0 Å². The van der Waals surface area contributed by atoms with Crippen LogP contribution >= 0.6 is 0 Å². The first-order valence-corrected chi connectivity index (χ1v) is 9.42. The zero-order valence-corrected chi connectivity index (χ0v) is 16.3. The van der Waals surface area contributed by atoms with Crippen molar-refractivity contribution in [3.63, 3.8) is 0 Å². The van der Waals surface area contributed by atoms with E-state index in [1.54, 1.807) is 0 Å². The van der Waals surface area contributed by atoms with Crippen LogP contribution in [0.3, 0.4) is 0 Å². The van der Waals surface area contributed by atoms with E-state index in [1.807, 2.05) is 0 Å². The molecule has 0 aromatic heterocycles. The van der Waals surface area contributed by atoms with E-state index in [0.717, 1.165) is 26.2 Å². The number of unbranched alkanes of at least 4 members (excludes halogenated alkanes) is 6. The Labute approximate surface area is 140 Å². The predicted octanol–water partition coefficient (Wildman–Crippen LogP) is 6.38. The second-order valence-electron chi connectivity index (χ2n) is 8.71. The molecule has 0 fully saturated rings. The molecule has 0 aromatic rings. The summed E-state index contributed by atoms with van der Waals surface area (Å²) in [7, 11) is 0. The van der Waals surface area contributed by atoms with Gasteiger partial charge < -0.3 is 9.47 Å². The molecular formula is C20H42O2. The van der Waals surface area contributed by atoms with Crippen molar-refractivity contribution in [2.45, 2.75) is 105 Å². The van der Waals surface area contributed by atoms with E-state index in [4.69, 9.17) is 9.47 Å². The normalized spacial score (nSPS) is 12.8. The van der Waals surface area contributed by atoms with Gasteiger partial charge in [0.2, 0.25) is 0 Å². The summed E-state index contributed by atoms with van der Waals surface area (Å²) in [5.41, 5.74) is 0.504. The summed E-state index contributed by atoms with van der Waals surface area (Å²) in [4.78, 5) is 0. The third kappa shape index (κ3) is 19.9. The molecule has 0 atom stereocenters. The minimum absolute atomic E-state index is 0.00335. The van der Waals surface area contributed by atoms with Gasteiger partial charge in [-0.3, -0.25) is 0 Å². The number of hydrogen-bond donors (Lipinski definition) is 0. The number of ether oxygens (including phenoxy) is 2. The Hall–Kier alpha value is -0.0800. The lowest BCUT2D eigenvalue weighted by atomic mass is 9.89. The van der Waals surface area contributed by atoms with E-state index in [9.17, 15) is 0 Å². The number of hydrogen-bond acceptors (Lipinski definition) is 2. The van der Waals surface area contributed by atoms with Crippen LogP contribution in [0.5, 0.6) is 0 Å². The zero-order chi connectivity index (χ0) is 16.9. The van der Waals surface area contributed by atoms with E-state index in [1.165, 1.54) is 51.4 Å². The quantitative estimate of drug-likeness (QED) is 0.367. The minimum Gasteiger partial charge on any atom is -0.381 e. The fourth-order valence-electron chi connectivity index (χ4n) is 2.35. The van der Waals surface area contributed by atoms with Crippen LogP contribution in [0.25, 0.3) is 0 Å². The second-order valence-corrected chi connectivity index (χ2v) is 8.71. The fraction of sp³-hybridized carbons (Fsp3) is 1.00. The highest BCUT2D eigenvalue weighted by Gasteiger charge is 2.09. The van der Waals surface area contributed by atoms with Crippen molar-refractivity contribution in [3.8, 4) is 0 Å². The molecule has 0 saturated carbocycles. The van der Waals surface area contributed by atoms with Gasteiger partial charge >= 0.3 is 0 Å². The van der Waals surface area contributed by atoms with Crippen LogP contribution in [0.15, 0.2) is 0 Å². The summed E-state index contributed by atoms with van der Waals surface area (Å²) < 4.78 is 11.4. The largest absolute Gasteiger partial charge is 0.381 e. The monoisotopic (exact) mass is 314 g/mol. The van der Waals surface area contributed by atoms with Gasteiger partial charge in [0.25, 0.3) is 0 Å². The first kappa shape index (κ1) is 21.9. The average molecular weight is 315 g/mol. The Bertz CT molecular complexity index is 209. The maximum atomic E-state index is 5.70. The molecular weight excluding hydrogens is 272 g/mol. The van der Waals surface area contributed by atoms with Crippen LogP contribution in [-0.2, 0) is 9.47 Å². The molecule has 0 aliphatic rings. The molecule has 0 amide bonds. The topological polar surface area (TPSA) is 18.5 Å². The molecule has 0 unspecified atom stereocenters. The summed E-state index contributed by atoms with van der Waals surface area (Å²) in [5, 5.41) is 0. The minimum atomic E-state index is 0.00335. The average Bonchev–Trinajstić information content (AvgIpc) is 2.36. The molecule has 0 aliphatic heterocycles. The Kier molecular flexibility index (Phi) is 12.3. The van der Waals surface area contributed by atoms with Crippen molar-refractivity contribution in [1.29, 1.82) is 0 Å². The van der Waals surface area contributed by atoms with Gasteiger partial charge in [0, 0.05) is 19.8 Å². The Balaban J connectivity index is 3.09. The summed E-state index contributed by atoms with van der Waals surface area (Å²) in [6.07, 6.45) is 11.5. The highest BCUT2D eigenvalue weighted by atomic mass is 16.5. The van der Waals surface area contributed by atoms with Crippen molar-refractivity contribution in [3.05, 3.63) is 0 Å². The van der Waals surface area contributed by atoms with Gasteiger partial charge in [-0.05, 0) is 58.3 Å². The van der Waals surface area contributed by atoms with E-state index in [-0.39, 0.29) is 5.60 Å². The molecule has 0 bridgehead atoms. The Morgan fingerprint density at radius 3 is 1.55 bits per heavy atom. The zero-order valence-electron chi connectivity index (χ0n) is 16.3. The smallest absolute Gasteiger partial charge is 0.0598 e. The third-order valence-electron chi connectivity index (χ3n) is 3.68. The molecule has 0 aliphatic carbocycles. The van der Waals surface area contributed by atoms with Crippen LogP contribution in [0, 0.1) is 5.41 Å². The molecule has 2 nitrogen and oxygen atoms in total. The molecule has 0 heterocycles. The maximum absolute atomic E-state index is 5.70. The van der Waals surface area contributed by atoms with Crippen molar-refractivity contribution in [2.24, 2.45) is 5.41 Å². The molecule has 134 valence electrons. The highest BCUT2D eigenvalue weighted by Crippen LogP contribution is 2.22. The Morgan fingerprint density at radius 2 is 1.00 bits per heavy atom. The molecule has 0 saturated heterocycles. The van der Waals surface area contributed by atoms with Crippen LogP contribution in [0.1, 0.15) is 99.3 Å².